The summed E-state index contributed by atoms with van der Waals surface area (Å²) >= 11 is 1.41. The summed E-state index contributed by atoms with van der Waals surface area (Å²) in [6, 6.07) is 22.8. The van der Waals surface area contributed by atoms with Crippen LogP contribution in [0, 0.1) is 12.8 Å². The quantitative estimate of drug-likeness (QED) is 0.113. The molecule has 1 aliphatic carbocycles. The summed E-state index contributed by atoms with van der Waals surface area (Å²) < 4.78 is 32.4. The van der Waals surface area contributed by atoms with Crippen molar-refractivity contribution in [3.05, 3.63) is 119 Å². The van der Waals surface area contributed by atoms with E-state index in [0.29, 0.717) is 58.6 Å². The average Bonchev–Trinajstić information content (AvgIpc) is 3.81. The lowest BCUT2D eigenvalue weighted by Crippen LogP contribution is -2.34. The number of aryl methyl sites for hydroxylation is 1. The zero-order valence-electron chi connectivity index (χ0n) is 32.0. The van der Waals surface area contributed by atoms with Gasteiger partial charge in [-0.1, -0.05) is 67.0 Å². The zero-order chi connectivity index (χ0) is 40.4. The number of fused-ring (bicyclic) bond motifs is 2. The lowest BCUT2D eigenvalue weighted by atomic mass is 9.89. The molecule has 298 valence electrons. The van der Waals surface area contributed by atoms with Crippen LogP contribution >= 0.6 is 11.3 Å². The number of rotatable bonds is 12. The molecule has 3 N–H and O–H groups in total. The van der Waals surface area contributed by atoms with Gasteiger partial charge in [0.25, 0.3) is 21.8 Å². The maximum absolute atomic E-state index is 14.2. The Morgan fingerprint density at radius 2 is 1.69 bits per heavy atom. The van der Waals surface area contributed by atoms with Crippen molar-refractivity contribution in [2.24, 2.45) is 5.92 Å². The fourth-order valence-corrected chi connectivity index (χ4v) is 9.73. The normalized spacial score (nSPS) is 14.6. The Labute approximate surface area is 340 Å². The molecule has 0 bridgehead atoms. The molecule has 3 aromatic heterocycles. The highest BCUT2D eigenvalue weighted by atomic mass is 32.2. The van der Waals surface area contributed by atoms with E-state index in [1.54, 1.807) is 18.3 Å². The number of benzene rings is 3. The highest BCUT2D eigenvalue weighted by Gasteiger charge is 2.28. The number of nitrogens with one attached hydrogen (secondary N) is 2. The number of hydrogen-bond donors (Lipinski definition) is 3. The minimum Gasteiger partial charge on any atom is -0.481 e. The first kappa shape index (κ1) is 38.9. The van der Waals surface area contributed by atoms with Crippen molar-refractivity contribution in [1.82, 2.24) is 24.5 Å². The van der Waals surface area contributed by atoms with E-state index in [1.807, 2.05) is 59.0 Å². The van der Waals surface area contributed by atoms with Crippen molar-refractivity contribution in [1.29, 1.82) is 0 Å². The molecule has 15 heteroatoms. The molecule has 4 heterocycles. The maximum Gasteiger partial charge on any atom is 0.303 e. The lowest BCUT2D eigenvalue weighted by Gasteiger charge is -2.31. The first-order valence-corrected chi connectivity index (χ1v) is 21.8. The number of carbonyl (C=O) groups is 3. The van der Waals surface area contributed by atoms with E-state index < -0.39 is 21.9 Å². The summed E-state index contributed by atoms with van der Waals surface area (Å²) in [6.45, 7) is 3.59. The van der Waals surface area contributed by atoms with Gasteiger partial charge in [-0.05, 0) is 97.7 Å². The molecule has 0 radical (unpaired) electrons. The molecular formula is C43H43N7O6S2. The third-order valence-electron chi connectivity index (χ3n) is 11.1. The minimum atomic E-state index is -4.35. The van der Waals surface area contributed by atoms with Gasteiger partial charge in [0.1, 0.15) is 11.5 Å². The highest BCUT2D eigenvalue weighted by molar-refractivity contribution is 7.90. The molecular weight excluding hydrogens is 775 g/mol. The Kier molecular flexibility index (Phi) is 11.1. The van der Waals surface area contributed by atoms with Crippen molar-refractivity contribution in [2.45, 2.75) is 76.3 Å². The van der Waals surface area contributed by atoms with Crippen LogP contribution in [-0.4, -0.2) is 57.6 Å². The van der Waals surface area contributed by atoms with Gasteiger partial charge in [-0.2, -0.15) is 5.10 Å². The number of sulfonamides is 1. The molecule has 3 aromatic carbocycles. The Hall–Kier alpha value is -5.93. The van der Waals surface area contributed by atoms with Crippen molar-refractivity contribution >= 4 is 60.3 Å². The number of carbonyl (C=O) groups excluding carboxylic acids is 2. The van der Waals surface area contributed by atoms with Gasteiger partial charge in [0.15, 0.2) is 5.13 Å². The molecule has 6 aromatic rings. The molecule has 2 amide bonds. The van der Waals surface area contributed by atoms with Crippen LogP contribution in [0.15, 0.2) is 90.0 Å². The van der Waals surface area contributed by atoms with Gasteiger partial charge in [-0.25, -0.2) is 23.1 Å². The molecule has 1 aliphatic heterocycles. The van der Waals surface area contributed by atoms with E-state index in [9.17, 15) is 22.8 Å². The highest BCUT2D eigenvalue weighted by Crippen LogP contribution is 2.33. The first-order valence-electron chi connectivity index (χ1n) is 19.5. The number of para-hydroxylation sites is 1. The SMILES string of the molecule is Cc1c(-c2ccc(N3CCc4cccc(C(=O)Nc5nc6ccccc6s5)c4C3)nc2C(=O)NS(=O)(=O)c2ccc(CCC(=O)O)cc2)cnn1CC1CCCCC1. The Morgan fingerprint density at radius 1 is 0.897 bits per heavy atom. The van der Waals surface area contributed by atoms with Crippen LogP contribution in [-0.2, 0) is 40.7 Å². The van der Waals surface area contributed by atoms with Gasteiger partial charge >= 0.3 is 5.97 Å². The van der Waals surface area contributed by atoms with Gasteiger partial charge in [0.05, 0.1) is 21.3 Å². The van der Waals surface area contributed by atoms with Crippen LogP contribution in [0.2, 0.25) is 0 Å². The lowest BCUT2D eigenvalue weighted by molar-refractivity contribution is -0.136. The second-order valence-electron chi connectivity index (χ2n) is 14.9. The second kappa shape index (κ2) is 16.5. The fourth-order valence-electron chi connectivity index (χ4n) is 7.92. The standard InChI is InChI=1S/C43H43N7O6S2/c1-27-34(24-44-50(27)25-29-8-3-2-4-9-29)32-19-20-38(46-40(32)42(54)48-58(55,56)31-17-14-28(15-18-31)16-21-39(51)52)49-23-22-30-10-7-11-33(35(30)26-49)41(53)47-43-45-36-12-5-6-13-37(36)57-43/h5-7,10-15,17-20,24,29H,2-4,8-9,16,21-23,25-26H2,1H3,(H,48,54)(H,51,52)(H,45,47,53). The van der Waals surface area contributed by atoms with Gasteiger partial charge in [0, 0.05) is 48.4 Å². The first-order chi connectivity index (χ1) is 28.0. The predicted molar refractivity (Wildman–Crippen MR) is 223 cm³/mol. The van der Waals surface area contributed by atoms with Crippen LogP contribution in [0.4, 0.5) is 10.9 Å². The average molecular weight is 818 g/mol. The predicted octanol–water partition coefficient (Wildman–Crippen LogP) is 7.39. The van der Waals surface area contributed by atoms with Crippen molar-refractivity contribution in [3.63, 3.8) is 0 Å². The topological polar surface area (TPSA) is 176 Å². The van der Waals surface area contributed by atoms with E-state index in [4.69, 9.17) is 15.2 Å². The van der Waals surface area contributed by atoms with E-state index in [-0.39, 0.29) is 29.3 Å². The Morgan fingerprint density at radius 3 is 2.47 bits per heavy atom. The number of hydrogen-bond acceptors (Lipinski definition) is 10. The number of thiazole rings is 1. The summed E-state index contributed by atoms with van der Waals surface area (Å²) in [6.07, 6.45) is 8.40. The summed E-state index contributed by atoms with van der Waals surface area (Å²) in [5.41, 5.74) is 5.74. The van der Waals surface area contributed by atoms with E-state index in [2.05, 4.69) is 15.0 Å². The van der Waals surface area contributed by atoms with Gasteiger partial charge in [0.2, 0.25) is 0 Å². The van der Waals surface area contributed by atoms with Crippen molar-refractivity contribution < 1.29 is 27.9 Å². The van der Waals surface area contributed by atoms with Crippen molar-refractivity contribution in [2.75, 3.05) is 16.8 Å². The van der Waals surface area contributed by atoms with Crippen LogP contribution < -0.4 is 14.9 Å². The Balaban J connectivity index is 1.09. The smallest absolute Gasteiger partial charge is 0.303 e. The largest absolute Gasteiger partial charge is 0.481 e. The molecule has 1 fully saturated rings. The monoisotopic (exact) mass is 817 g/mol. The number of anilines is 2. The molecule has 58 heavy (non-hydrogen) atoms. The number of aliphatic carboxylic acids is 1. The number of pyridine rings is 1. The third-order valence-corrected chi connectivity index (χ3v) is 13.4. The molecule has 0 saturated heterocycles. The number of nitrogens with zero attached hydrogens (tertiary/aromatic N) is 5. The van der Waals surface area contributed by atoms with Crippen LogP contribution in [0.1, 0.15) is 81.8 Å². The van der Waals surface area contributed by atoms with Crippen LogP contribution in [0.3, 0.4) is 0 Å². The number of amides is 2. The summed E-state index contributed by atoms with van der Waals surface area (Å²) in [5.74, 6) is -1.17. The minimum absolute atomic E-state index is 0.0767. The second-order valence-corrected chi connectivity index (χ2v) is 17.6. The van der Waals surface area contributed by atoms with Crippen LogP contribution in [0.25, 0.3) is 21.3 Å². The van der Waals surface area contributed by atoms with Gasteiger partial charge < -0.3 is 10.0 Å². The maximum atomic E-state index is 14.2. The van der Waals surface area contributed by atoms with Crippen molar-refractivity contribution in [3.8, 4) is 11.1 Å². The third kappa shape index (κ3) is 8.36. The number of carboxylic acid groups (broad SMARTS) is 1. The molecule has 2 aliphatic rings. The molecule has 0 spiro atoms. The fraction of sp³-hybridized carbons (Fsp3) is 0.302. The van der Waals surface area contributed by atoms with E-state index >= 15 is 0 Å². The molecule has 1 saturated carbocycles. The zero-order valence-corrected chi connectivity index (χ0v) is 33.6. The number of aromatic nitrogens is 4. The molecule has 13 nitrogen and oxygen atoms in total. The molecule has 0 unspecified atom stereocenters. The van der Waals surface area contributed by atoms with Gasteiger partial charge in [-0.3, -0.25) is 24.4 Å². The number of carboxylic acids is 1. The van der Waals surface area contributed by atoms with Crippen LogP contribution in [0.5, 0.6) is 0 Å². The summed E-state index contributed by atoms with van der Waals surface area (Å²) in [4.78, 5) is 50.2. The molecule has 0 atom stereocenters. The summed E-state index contributed by atoms with van der Waals surface area (Å²) in [5, 5.41) is 17.2. The Bertz CT molecular complexity index is 2600. The van der Waals surface area contributed by atoms with E-state index in [0.717, 1.165) is 46.4 Å². The molecule has 8 rings (SSSR count). The van der Waals surface area contributed by atoms with E-state index in [1.165, 1.54) is 54.9 Å². The summed E-state index contributed by atoms with van der Waals surface area (Å²) in [7, 11) is -4.35. The van der Waals surface area contributed by atoms with Gasteiger partial charge in [-0.15, -0.1) is 0 Å².